The number of aryl methyl sites for hydroxylation is 1. The molecular formula is C22H26ClFN2O. The Balaban J connectivity index is 1.66. The number of likely N-dealkylation sites (tertiary alicyclic amines) is 1. The Morgan fingerprint density at radius 1 is 1.19 bits per heavy atom. The third-order valence-corrected chi connectivity index (χ3v) is 5.56. The smallest absolute Gasteiger partial charge is 0.176 e. The quantitative estimate of drug-likeness (QED) is 0.692. The number of carbonyl (C=O) groups is 1. The zero-order valence-electron chi connectivity index (χ0n) is 15.7. The molecule has 144 valence electrons. The van der Waals surface area contributed by atoms with Crippen LogP contribution in [0.3, 0.4) is 0 Å². The highest BCUT2D eigenvalue weighted by Crippen LogP contribution is 2.29. The molecule has 1 unspecified atom stereocenters. The molecule has 1 saturated heterocycles. The fourth-order valence-corrected chi connectivity index (χ4v) is 3.86. The van der Waals surface area contributed by atoms with Crippen molar-refractivity contribution >= 4 is 17.4 Å². The molecule has 1 aliphatic heterocycles. The van der Waals surface area contributed by atoms with Crippen molar-refractivity contribution in [2.45, 2.75) is 32.2 Å². The van der Waals surface area contributed by atoms with Gasteiger partial charge < -0.3 is 5.32 Å². The first-order valence-electron chi connectivity index (χ1n) is 9.55. The minimum absolute atomic E-state index is 0.106. The maximum absolute atomic E-state index is 13.7. The van der Waals surface area contributed by atoms with Crippen LogP contribution in [0.25, 0.3) is 0 Å². The first kappa shape index (κ1) is 20.0. The molecule has 0 spiro atoms. The molecule has 2 aromatic rings. The Bertz CT molecular complexity index is 790. The molecule has 2 aromatic carbocycles. The standard InChI is InChI=1S/C22H26ClFN2O/c1-16-9-10-17(13-20(16)24)22(27)15-25-14-21(26-11-5-2-6-12-26)18-7-3-4-8-19(18)23/h3-4,7-10,13,21,25H,2,5-6,11-12,14-15H2,1H3. The molecule has 1 fully saturated rings. The van der Waals surface area contributed by atoms with E-state index in [2.05, 4.69) is 16.3 Å². The highest BCUT2D eigenvalue weighted by molar-refractivity contribution is 6.31. The number of nitrogens with zero attached hydrogens (tertiary/aromatic N) is 1. The maximum Gasteiger partial charge on any atom is 0.176 e. The molecule has 3 rings (SSSR count). The van der Waals surface area contributed by atoms with E-state index in [1.165, 1.54) is 25.3 Å². The van der Waals surface area contributed by atoms with Crippen LogP contribution in [0.15, 0.2) is 42.5 Å². The van der Waals surface area contributed by atoms with E-state index in [9.17, 15) is 9.18 Å². The predicted octanol–water partition coefficient (Wildman–Crippen LogP) is 4.79. The average Bonchev–Trinajstić information content (AvgIpc) is 2.69. The lowest BCUT2D eigenvalue weighted by Crippen LogP contribution is -2.40. The molecule has 1 N–H and O–H groups in total. The lowest BCUT2D eigenvalue weighted by Gasteiger charge is -2.35. The average molecular weight is 389 g/mol. The summed E-state index contributed by atoms with van der Waals surface area (Å²) in [6.07, 6.45) is 3.63. The predicted molar refractivity (Wildman–Crippen MR) is 108 cm³/mol. The summed E-state index contributed by atoms with van der Waals surface area (Å²) in [7, 11) is 0. The lowest BCUT2D eigenvalue weighted by molar-refractivity contribution is 0.0983. The number of ketones is 1. The van der Waals surface area contributed by atoms with E-state index in [1.54, 1.807) is 19.1 Å². The molecule has 0 saturated carbocycles. The van der Waals surface area contributed by atoms with Gasteiger partial charge in [-0.15, -0.1) is 0 Å². The SMILES string of the molecule is Cc1ccc(C(=O)CNCC(c2ccccc2Cl)N2CCCCC2)cc1F. The van der Waals surface area contributed by atoms with Crippen LogP contribution in [0.2, 0.25) is 5.02 Å². The minimum Gasteiger partial charge on any atom is -0.308 e. The van der Waals surface area contributed by atoms with Crippen molar-refractivity contribution in [1.82, 2.24) is 10.2 Å². The van der Waals surface area contributed by atoms with Crippen LogP contribution in [-0.2, 0) is 0 Å². The molecule has 27 heavy (non-hydrogen) atoms. The second kappa shape index (κ2) is 9.45. The summed E-state index contributed by atoms with van der Waals surface area (Å²) in [4.78, 5) is 14.8. The largest absolute Gasteiger partial charge is 0.308 e. The molecule has 0 aromatic heterocycles. The van der Waals surface area contributed by atoms with Crippen LogP contribution in [0.1, 0.15) is 46.8 Å². The highest BCUT2D eigenvalue weighted by Gasteiger charge is 2.24. The first-order chi connectivity index (χ1) is 13.1. The van der Waals surface area contributed by atoms with Crippen molar-refractivity contribution in [2.24, 2.45) is 0 Å². The number of Topliss-reactive ketones (excluding diaryl/α,β-unsaturated/α-hetero) is 1. The van der Waals surface area contributed by atoms with E-state index in [0.29, 0.717) is 17.7 Å². The second-order valence-corrected chi connectivity index (χ2v) is 7.56. The van der Waals surface area contributed by atoms with E-state index in [-0.39, 0.29) is 24.2 Å². The van der Waals surface area contributed by atoms with E-state index < -0.39 is 0 Å². The second-order valence-electron chi connectivity index (χ2n) is 7.15. The summed E-state index contributed by atoms with van der Waals surface area (Å²) in [6, 6.07) is 12.7. The first-order valence-corrected chi connectivity index (χ1v) is 9.92. The number of piperidine rings is 1. The van der Waals surface area contributed by atoms with Crippen molar-refractivity contribution in [3.63, 3.8) is 0 Å². The lowest BCUT2D eigenvalue weighted by atomic mass is 10.0. The Morgan fingerprint density at radius 2 is 1.93 bits per heavy atom. The molecule has 5 heteroatoms. The van der Waals surface area contributed by atoms with Crippen molar-refractivity contribution in [1.29, 1.82) is 0 Å². The summed E-state index contributed by atoms with van der Waals surface area (Å²) in [6.45, 7) is 4.57. The Morgan fingerprint density at radius 3 is 2.63 bits per heavy atom. The van der Waals surface area contributed by atoms with E-state index in [0.717, 1.165) is 23.7 Å². The van der Waals surface area contributed by atoms with Gasteiger partial charge in [-0.25, -0.2) is 4.39 Å². The number of halogens is 2. The van der Waals surface area contributed by atoms with Gasteiger partial charge in [-0.05, 0) is 56.1 Å². The topological polar surface area (TPSA) is 32.3 Å². The van der Waals surface area contributed by atoms with Crippen molar-refractivity contribution in [2.75, 3.05) is 26.2 Å². The fourth-order valence-electron chi connectivity index (χ4n) is 3.60. The van der Waals surface area contributed by atoms with Crippen LogP contribution >= 0.6 is 11.6 Å². The molecule has 0 aliphatic carbocycles. The molecule has 1 aliphatic rings. The Kier molecular flexibility index (Phi) is 7.00. The van der Waals surface area contributed by atoms with E-state index >= 15 is 0 Å². The number of benzene rings is 2. The van der Waals surface area contributed by atoms with Crippen LogP contribution in [0, 0.1) is 12.7 Å². The number of nitrogens with one attached hydrogen (secondary N) is 1. The zero-order valence-corrected chi connectivity index (χ0v) is 16.4. The Hall–Kier alpha value is -1.75. The van der Waals surface area contributed by atoms with Gasteiger partial charge in [0, 0.05) is 23.2 Å². The fraction of sp³-hybridized carbons (Fsp3) is 0.409. The maximum atomic E-state index is 13.7. The zero-order chi connectivity index (χ0) is 19.2. The normalized spacial score (nSPS) is 16.3. The van der Waals surface area contributed by atoms with Gasteiger partial charge in [0.25, 0.3) is 0 Å². The van der Waals surface area contributed by atoms with Gasteiger partial charge in [0.2, 0.25) is 0 Å². The molecule has 0 amide bonds. The Labute approximate surface area is 165 Å². The summed E-state index contributed by atoms with van der Waals surface area (Å²) in [5.74, 6) is -0.450. The van der Waals surface area contributed by atoms with E-state index in [4.69, 9.17) is 11.6 Å². The number of carbonyl (C=O) groups excluding carboxylic acids is 1. The van der Waals surface area contributed by atoms with Gasteiger partial charge in [0.15, 0.2) is 5.78 Å². The molecular weight excluding hydrogens is 363 g/mol. The van der Waals surface area contributed by atoms with Gasteiger partial charge in [0.05, 0.1) is 6.54 Å². The molecule has 0 radical (unpaired) electrons. The highest BCUT2D eigenvalue weighted by atomic mass is 35.5. The van der Waals surface area contributed by atoms with Gasteiger partial charge in [0.1, 0.15) is 5.82 Å². The van der Waals surface area contributed by atoms with Crippen LogP contribution < -0.4 is 5.32 Å². The van der Waals surface area contributed by atoms with E-state index in [1.807, 2.05) is 18.2 Å². The molecule has 0 bridgehead atoms. The minimum atomic E-state index is -0.344. The van der Waals surface area contributed by atoms with Crippen LogP contribution in [-0.4, -0.2) is 36.9 Å². The van der Waals surface area contributed by atoms with Crippen LogP contribution in [0.4, 0.5) is 4.39 Å². The summed E-state index contributed by atoms with van der Waals surface area (Å²) >= 11 is 6.44. The molecule has 1 atom stereocenters. The molecule has 1 heterocycles. The summed E-state index contributed by atoms with van der Waals surface area (Å²) in [5, 5.41) is 4.02. The van der Waals surface area contributed by atoms with Crippen LogP contribution in [0.5, 0.6) is 0 Å². The van der Waals surface area contributed by atoms with Gasteiger partial charge >= 0.3 is 0 Å². The third-order valence-electron chi connectivity index (χ3n) is 5.21. The monoisotopic (exact) mass is 388 g/mol. The molecule has 3 nitrogen and oxygen atoms in total. The van der Waals surface area contributed by atoms with Gasteiger partial charge in [-0.3, -0.25) is 9.69 Å². The summed E-state index contributed by atoms with van der Waals surface area (Å²) in [5.41, 5.74) is 2.03. The number of hydrogen-bond acceptors (Lipinski definition) is 3. The third kappa shape index (κ3) is 5.16. The number of hydrogen-bond donors (Lipinski definition) is 1. The number of rotatable bonds is 7. The van der Waals surface area contributed by atoms with Gasteiger partial charge in [-0.2, -0.15) is 0 Å². The van der Waals surface area contributed by atoms with Crippen molar-refractivity contribution in [3.05, 3.63) is 70.0 Å². The summed E-state index contributed by atoms with van der Waals surface area (Å²) < 4.78 is 13.7. The van der Waals surface area contributed by atoms with Crippen molar-refractivity contribution in [3.8, 4) is 0 Å². The van der Waals surface area contributed by atoms with Crippen molar-refractivity contribution < 1.29 is 9.18 Å². The van der Waals surface area contributed by atoms with Gasteiger partial charge in [-0.1, -0.05) is 48.4 Å².